The Kier molecular flexibility index (Phi) is 5.56. The number of aryl methyl sites for hydroxylation is 1. The van der Waals surface area contributed by atoms with Gasteiger partial charge in [0.15, 0.2) is 5.75 Å². The van der Waals surface area contributed by atoms with Crippen molar-refractivity contribution in [2.75, 3.05) is 13.2 Å². The SMILES string of the molecule is CCCN1C(=O)C(=O)/C(=C(/O)c2ccc3c(c2)CCCO3)C1c1ccc(O)c([N+](=O)[O-])c1. The van der Waals surface area contributed by atoms with Crippen molar-refractivity contribution < 1.29 is 29.5 Å². The molecule has 9 heteroatoms. The summed E-state index contributed by atoms with van der Waals surface area (Å²) in [5.74, 6) is -1.80. The van der Waals surface area contributed by atoms with Crippen molar-refractivity contribution in [3.8, 4) is 11.5 Å². The van der Waals surface area contributed by atoms with Crippen LogP contribution in [0.2, 0.25) is 0 Å². The number of likely N-dealkylation sites (tertiary alicyclic amines) is 1. The van der Waals surface area contributed by atoms with Crippen molar-refractivity contribution in [1.29, 1.82) is 0 Å². The Morgan fingerprint density at radius 2 is 2.03 bits per heavy atom. The maximum Gasteiger partial charge on any atom is 0.311 e. The standard InChI is InChI=1S/C23H22N2O7/c1-2-9-24-20(14-5-7-17(26)16(12-14)25(30)31)19(22(28)23(24)29)21(27)15-6-8-18-13(11-15)4-3-10-32-18/h5-8,11-12,20,26-27H,2-4,9-10H2,1H3/b21-19+. The van der Waals surface area contributed by atoms with Crippen LogP contribution in [0.15, 0.2) is 42.0 Å². The van der Waals surface area contributed by atoms with Gasteiger partial charge in [-0.15, -0.1) is 0 Å². The fourth-order valence-electron chi connectivity index (χ4n) is 4.22. The molecule has 2 aromatic carbocycles. The molecule has 1 amide bonds. The van der Waals surface area contributed by atoms with Gasteiger partial charge in [0, 0.05) is 18.2 Å². The first kappa shape index (κ1) is 21.4. The third kappa shape index (κ3) is 3.55. The molecule has 4 rings (SSSR count). The van der Waals surface area contributed by atoms with Gasteiger partial charge in [0.25, 0.3) is 11.7 Å². The molecule has 2 aliphatic rings. The lowest BCUT2D eigenvalue weighted by atomic mass is 9.93. The molecule has 2 aliphatic heterocycles. The number of hydrogen-bond acceptors (Lipinski definition) is 7. The van der Waals surface area contributed by atoms with Crippen molar-refractivity contribution in [2.24, 2.45) is 0 Å². The summed E-state index contributed by atoms with van der Waals surface area (Å²) in [6.45, 7) is 2.66. The van der Waals surface area contributed by atoms with Crippen LogP contribution in [0.1, 0.15) is 42.5 Å². The van der Waals surface area contributed by atoms with E-state index < -0.39 is 34.1 Å². The molecule has 0 radical (unpaired) electrons. The first-order valence-electron chi connectivity index (χ1n) is 10.3. The minimum absolute atomic E-state index is 0.139. The van der Waals surface area contributed by atoms with Gasteiger partial charge in [-0.3, -0.25) is 19.7 Å². The van der Waals surface area contributed by atoms with Gasteiger partial charge in [-0.25, -0.2) is 0 Å². The van der Waals surface area contributed by atoms with Crippen molar-refractivity contribution in [3.05, 3.63) is 68.8 Å². The van der Waals surface area contributed by atoms with Crippen LogP contribution in [0.3, 0.4) is 0 Å². The van der Waals surface area contributed by atoms with E-state index in [4.69, 9.17) is 4.74 Å². The molecule has 2 aromatic rings. The maximum atomic E-state index is 12.9. The predicted octanol–water partition coefficient (Wildman–Crippen LogP) is 3.46. The first-order chi connectivity index (χ1) is 15.3. The molecule has 0 aliphatic carbocycles. The van der Waals surface area contributed by atoms with Crippen LogP contribution in [-0.4, -0.2) is 44.9 Å². The third-order valence-electron chi connectivity index (χ3n) is 5.70. The van der Waals surface area contributed by atoms with Gasteiger partial charge >= 0.3 is 5.69 Å². The number of aromatic hydroxyl groups is 1. The molecule has 1 atom stereocenters. The molecular formula is C23H22N2O7. The Morgan fingerprint density at radius 3 is 2.75 bits per heavy atom. The van der Waals surface area contributed by atoms with E-state index in [1.54, 1.807) is 18.2 Å². The van der Waals surface area contributed by atoms with Crippen LogP contribution < -0.4 is 4.74 Å². The number of nitro benzene ring substituents is 1. The normalized spacial score (nSPS) is 19.5. The van der Waals surface area contributed by atoms with Crippen LogP contribution >= 0.6 is 0 Å². The zero-order chi connectivity index (χ0) is 23.0. The number of ether oxygens (including phenoxy) is 1. The number of carbonyl (C=O) groups excluding carboxylic acids is 2. The Hall–Kier alpha value is -3.88. The monoisotopic (exact) mass is 438 g/mol. The highest BCUT2D eigenvalue weighted by Crippen LogP contribution is 2.42. The van der Waals surface area contributed by atoms with E-state index in [1.165, 1.54) is 11.0 Å². The quantitative estimate of drug-likeness (QED) is 0.240. The van der Waals surface area contributed by atoms with Crippen LogP contribution in [0.5, 0.6) is 11.5 Å². The summed E-state index contributed by atoms with van der Waals surface area (Å²) < 4.78 is 5.59. The van der Waals surface area contributed by atoms with Gasteiger partial charge in [0.2, 0.25) is 0 Å². The van der Waals surface area contributed by atoms with Gasteiger partial charge in [0.05, 0.1) is 23.1 Å². The van der Waals surface area contributed by atoms with Crippen molar-refractivity contribution in [3.63, 3.8) is 0 Å². The maximum absolute atomic E-state index is 12.9. The van der Waals surface area contributed by atoms with Crippen molar-refractivity contribution >= 4 is 23.1 Å². The molecule has 0 spiro atoms. The fourth-order valence-corrected chi connectivity index (χ4v) is 4.22. The molecule has 1 fully saturated rings. The summed E-state index contributed by atoms with van der Waals surface area (Å²) in [6, 6.07) is 7.73. The summed E-state index contributed by atoms with van der Waals surface area (Å²) in [4.78, 5) is 37.6. The molecule has 1 saturated heterocycles. The molecule has 0 aromatic heterocycles. The molecule has 0 saturated carbocycles. The average molecular weight is 438 g/mol. The average Bonchev–Trinajstić information content (AvgIpc) is 3.03. The largest absolute Gasteiger partial charge is 0.507 e. The highest BCUT2D eigenvalue weighted by Gasteiger charge is 2.46. The van der Waals surface area contributed by atoms with E-state index in [1.807, 2.05) is 6.92 Å². The fraction of sp³-hybridized carbons (Fsp3) is 0.304. The van der Waals surface area contributed by atoms with E-state index in [0.29, 0.717) is 24.3 Å². The number of fused-ring (bicyclic) bond motifs is 1. The number of benzene rings is 2. The Bertz CT molecular complexity index is 1160. The molecule has 32 heavy (non-hydrogen) atoms. The highest BCUT2D eigenvalue weighted by atomic mass is 16.6. The molecule has 1 unspecified atom stereocenters. The van der Waals surface area contributed by atoms with Gasteiger partial charge in [-0.05, 0) is 54.7 Å². The number of rotatable bonds is 5. The predicted molar refractivity (Wildman–Crippen MR) is 114 cm³/mol. The number of carbonyl (C=O) groups is 2. The molecule has 0 bridgehead atoms. The second-order valence-electron chi connectivity index (χ2n) is 7.77. The van der Waals surface area contributed by atoms with Crippen LogP contribution in [0.25, 0.3) is 5.76 Å². The number of hydrogen-bond donors (Lipinski definition) is 2. The number of aliphatic hydroxyl groups is 1. The van der Waals surface area contributed by atoms with E-state index in [9.17, 15) is 29.9 Å². The lowest BCUT2D eigenvalue weighted by Crippen LogP contribution is -2.30. The number of nitrogens with zero attached hydrogens (tertiary/aromatic N) is 2. The third-order valence-corrected chi connectivity index (χ3v) is 5.70. The second kappa shape index (κ2) is 8.33. The Morgan fingerprint density at radius 1 is 1.25 bits per heavy atom. The van der Waals surface area contributed by atoms with Crippen molar-refractivity contribution in [1.82, 2.24) is 4.90 Å². The summed E-state index contributed by atoms with van der Waals surface area (Å²) in [6.07, 6.45) is 2.13. The minimum Gasteiger partial charge on any atom is -0.507 e. The number of nitro groups is 1. The molecule has 9 nitrogen and oxygen atoms in total. The molecular weight excluding hydrogens is 416 g/mol. The summed E-state index contributed by atoms with van der Waals surface area (Å²) in [7, 11) is 0. The van der Waals surface area contributed by atoms with Gasteiger partial charge < -0.3 is 19.8 Å². The van der Waals surface area contributed by atoms with Gasteiger partial charge in [-0.1, -0.05) is 13.0 Å². The second-order valence-corrected chi connectivity index (χ2v) is 7.77. The van der Waals surface area contributed by atoms with E-state index in [-0.39, 0.29) is 23.4 Å². The number of amides is 1. The lowest BCUT2D eigenvalue weighted by molar-refractivity contribution is -0.385. The highest BCUT2D eigenvalue weighted by molar-refractivity contribution is 6.46. The van der Waals surface area contributed by atoms with Crippen LogP contribution in [-0.2, 0) is 16.0 Å². The number of Topliss-reactive ketones (excluding diaryl/α,β-unsaturated/α-hetero) is 1. The zero-order valence-corrected chi connectivity index (χ0v) is 17.4. The topological polar surface area (TPSA) is 130 Å². The number of ketones is 1. The first-order valence-corrected chi connectivity index (χ1v) is 10.3. The van der Waals surface area contributed by atoms with E-state index in [0.717, 1.165) is 30.5 Å². The van der Waals surface area contributed by atoms with Crippen LogP contribution in [0.4, 0.5) is 5.69 Å². The van der Waals surface area contributed by atoms with E-state index in [2.05, 4.69) is 0 Å². The smallest absolute Gasteiger partial charge is 0.311 e. The lowest BCUT2D eigenvalue weighted by Gasteiger charge is -2.25. The zero-order valence-electron chi connectivity index (χ0n) is 17.4. The molecule has 2 heterocycles. The van der Waals surface area contributed by atoms with Gasteiger partial charge in [-0.2, -0.15) is 0 Å². The van der Waals surface area contributed by atoms with Crippen LogP contribution in [0, 0.1) is 10.1 Å². The minimum atomic E-state index is -1.01. The van der Waals surface area contributed by atoms with Gasteiger partial charge in [0.1, 0.15) is 11.5 Å². The Labute approximate surface area is 183 Å². The van der Waals surface area contributed by atoms with E-state index >= 15 is 0 Å². The number of phenols is 1. The summed E-state index contributed by atoms with van der Waals surface area (Å²) in [5.41, 5.74) is 0.822. The number of aliphatic hydroxyl groups excluding tert-OH is 1. The summed E-state index contributed by atoms with van der Waals surface area (Å²) >= 11 is 0. The summed E-state index contributed by atoms with van der Waals surface area (Å²) in [5, 5.41) is 32.3. The molecule has 2 N–H and O–H groups in total. The van der Waals surface area contributed by atoms with Crippen molar-refractivity contribution in [2.45, 2.75) is 32.2 Å². The number of phenolic OH excluding ortho intramolecular Hbond substituents is 1. The molecule has 166 valence electrons. The Balaban J connectivity index is 1.88.